The molecule has 194 valence electrons. The van der Waals surface area contributed by atoms with E-state index in [1.54, 1.807) is 42.6 Å². The van der Waals surface area contributed by atoms with E-state index >= 15 is 0 Å². The average Bonchev–Trinajstić information content (AvgIpc) is 3.55. The number of hydrogen-bond acceptors (Lipinski definition) is 8. The minimum absolute atomic E-state index is 0.346. The van der Waals surface area contributed by atoms with Crippen molar-refractivity contribution in [3.05, 3.63) is 66.0 Å². The Morgan fingerprint density at radius 2 is 1.87 bits per heavy atom. The molecule has 4 aromatic heterocycles. The molecule has 1 fully saturated rings. The second-order valence-corrected chi connectivity index (χ2v) is 9.67. The van der Waals surface area contributed by atoms with Gasteiger partial charge in [0.2, 0.25) is 5.88 Å². The van der Waals surface area contributed by atoms with Gasteiger partial charge >= 0.3 is 6.18 Å². The van der Waals surface area contributed by atoms with Gasteiger partial charge in [-0.05, 0) is 36.8 Å². The smallest absolute Gasteiger partial charge is 0.435 e. The van der Waals surface area contributed by atoms with Gasteiger partial charge in [-0.1, -0.05) is 12.1 Å². The topological polar surface area (TPSA) is 96.4 Å². The molecular formula is C25H21F3N8OS. The number of rotatable bonds is 7. The zero-order chi connectivity index (χ0) is 26.4. The van der Waals surface area contributed by atoms with E-state index in [1.165, 1.54) is 22.8 Å². The lowest BCUT2D eigenvalue weighted by molar-refractivity contribution is -0.141. The lowest BCUT2D eigenvalue weighted by Gasteiger charge is -2.11. The molecule has 1 aliphatic carbocycles. The molecule has 0 aliphatic heterocycles. The SMILES string of the molecule is COc1ncnc(C2CC2)c1-c1ncc2cnn(Cc3ccc(-n4nc(C(F)(F)F)cc4SC)cc3)c2n1. The number of methoxy groups -OCH3 is 1. The molecule has 0 unspecified atom stereocenters. The highest BCUT2D eigenvalue weighted by Gasteiger charge is 2.35. The van der Waals surface area contributed by atoms with Gasteiger partial charge in [0.15, 0.2) is 17.2 Å². The van der Waals surface area contributed by atoms with Crippen LogP contribution < -0.4 is 4.74 Å². The van der Waals surface area contributed by atoms with Gasteiger partial charge in [-0.2, -0.15) is 23.4 Å². The predicted molar refractivity (Wildman–Crippen MR) is 134 cm³/mol. The maximum absolute atomic E-state index is 13.2. The molecule has 5 aromatic rings. The Balaban J connectivity index is 1.31. The molecule has 0 amide bonds. The second kappa shape index (κ2) is 9.39. The number of benzene rings is 1. The van der Waals surface area contributed by atoms with Crippen molar-refractivity contribution in [2.24, 2.45) is 0 Å². The van der Waals surface area contributed by atoms with Gasteiger partial charge in [0.25, 0.3) is 0 Å². The normalized spacial score (nSPS) is 13.8. The van der Waals surface area contributed by atoms with Crippen LogP contribution in [0.5, 0.6) is 5.88 Å². The summed E-state index contributed by atoms with van der Waals surface area (Å²) in [5, 5.41) is 9.42. The first-order valence-corrected chi connectivity index (χ1v) is 13.0. The van der Waals surface area contributed by atoms with Gasteiger partial charge in [-0.25, -0.2) is 29.3 Å². The molecule has 4 heterocycles. The Hall–Kier alpha value is -4.00. The van der Waals surface area contributed by atoms with E-state index in [2.05, 4.69) is 25.1 Å². The van der Waals surface area contributed by atoms with Gasteiger partial charge in [0.1, 0.15) is 16.9 Å². The fourth-order valence-electron chi connectivity index (χ4n) is 4.26. The third-order valence-corrected chi connectivity index (χ3v) is 7.00. The summed E-state index contributed by atoms with van der Waals surface area (Å²) in [7, 11) is 1.56. The van der Waals surface area contributed by atoms with E-state index in [0.29, 0.717) is 46.1 Å². The van der Waals surface area contributed by atoms with Crippen LogP contribution in [0.3, 0.4) is 0 Å². The van der Waals surface area contributed by atoms with Crippen LogP contribution in [0, 0.1) is 0 Å². The highest BCUT2D eigenvalue weighted by Crippen LogP contribution is 2.44. The second-order valence-electron chi connectivity index (χ2n) is 8.84. The third kappa shape index (κ3) is 4.46. The molecule has 13 heteroatoms. The summed E-state index contributed by atoms with van der Waals surface area (Å²) in [6.45, 7) is 0.403. The zero-order valence-electron chi connectivity index (χ0n) is 20.3. The van der Waals surface area contributed by atoms with Crippen LogP contribution in [-0.2, 0) is 12.7 Å². The number of fused-ring (bicyclic) bond motifs is 1. The van der Waals surface area contributed by atoms with Gasteiger partial charge in [-0.15, -0.1) is 11.8 Å². The Morgan fingerprint density at radius 1 is 1.08 bits per heavy atom. The summed E-state index contributed by atoms with van der Waals surface area (Å²) in [5.41, 5.74) is 2.72. The predicted octanol–water partition coefficient (Wildman–Crippen LogP) is 5.14. The standard InChI is InChI=1S/C25H21F3N8OS/c1-37-24-20(21(15-5-6-15)30-13-31-24)22-29-10-16-11-32-35(23(16)33-22)12-14-3-7-17(8-4-14)36-19(38-2)9-18(34-36)25(26,27)28/h3-4,7-11,13,15H,5-6,12H2,1-2H3. The van der Waals surface area contributed by atoms with Crippen molar-refractivity contribution in [1.82, 2.24) is 39.5 Å². The maximum Gasteiger partial charge on any atom is 0.435 e. The van der Waals surface area contributed by atoms with E-state index < -0.39 is 11.9 Å². The van der Waals surface area contributed by atoms with Crippen LogP contribution in [0.25, 0.3) is 28.1 Å². The molecule has 0 N–H and O–H groups in total. The molecule has 0 bridgehead atoms. The van der Waals surface area contributed by atoms with Crippen LogP contribution in [0.1, 0.15) is 35.7 Å². The maximum atomic E-state index is 13.2. The van der Waals surface area contributed by atoms with Crippen LogP contribution in [0.2, 0.25) is 0 Å². The van der Waals surface area contributed by atoms with Gasteiger partial charge in [-0.3, -0.25) is 0 Å². The average molecular weight is 539 g/mol. The summed E-state index contributed by atoms with van der Waals surface area (Å²) < 4.78 is 48.0. The quantitative estimate of drug-likeness (QED) is 0.263. The molecule has 0 spiro atoms. The highest BCUT2D eigenvalue weighted by atomic mass is 32.2. The first-order valence-electron chi connectivity index (χ1n) is 11.7. The lowest BCUT2D eigenvalue weighted by Crippen LogP contribution is -2.08. The third-order valence-electron chi connectivity index (χ3n) is 6.29. The molecule has 0 atom stereocenters. The van der Waals surface area contributed by atoms with Gasteiger partial charge in [0.05, 0.1) is 36.6 Å². The minimum Gasteiger partial charge on any atom is -0.480 e. The van der Waals surface area contributed by atoms with Gasteiger partial charge in [0, 0.05) is 18.2 Å². The molecule has 38 heavy (non-hydrogen) atoms. The number of ether oxygens (including phenoxy) is 1. The van der Waals surface area contributed by atoms with E-state index in [0.717, 1.165) is 35.6 Å². The summed E-state index contributed by atoms with van der Waals surface area (Å²) in [6.07, 6.45) is 4.22. The fourth-order valence-corrected chi connectivity index (χ4v) is 4.81. The van der Waals surface area contributed by atoms with E-state index in [4.69, 9.17) is 9.72 Å². The molecular weight excluding hydrogens is 517 g/mol. The van der Waals surface area contributed by atoms with E-state index in [1.807, 2.05) is 12.1 Å². The highest BCUT2D eigenvalue weighted by molar-refractivity contribution is 7.98. The van der Waals surface area contributed by atoms with Crippen molar-refractivity contribution < 1.29 is 17.9 Å². The Kier molecular flexibility index (Phi) is 6.01. The Bertz CT molecular complexity index is 1630. The molecule has 9 nitrogen and oxygen atoms in total. The fraction of sp³-hybridized carbons (Fsp3) is 0.280. The number of aromatic nitrogens is 8. The Morgan fingerprint density at radius 3 is 2.55 bits per heavy atom. The number of alkyl halides is 3. The first kappa shape index (κ1) is 24.3. The summed E-state index contributed by atoms with van der Waals surface area (Å²) in [4.78, 5) is 18.1. The van der Waals surface area contributed by atoms with Crippen LogP contribution in [0.15, 0.2) is 54.1 Å². The summed E-state index contributed by atoms with van der Waals surface area (Å²) in [5.74, 6) is 1.25. The number of thioether (sulfide) groups is 1. The van der Waals surface area contributed by atoms with Crippen molar-refractivity contribution in [3.63, 3.8) is 0 Å². The lowest BCUT2D eigenvalue weighted by atomic mass is 10.1. The van der Waals surface area contributed by atoms with Crippen LogP contribution in [-0.4, -0.2) is 52.9 Å². The molecule has 6 rings (SSSR count). The molecule has 1 saturated carbocycles. The summed E-state index contributed by atoms with van der Waals surface area (Å²) >= 11 is 1.20. The van der Waals surface area contributed by atoms with E-state index in [9.17, 15) is 13.2 Å². The minimum atomic E-state index is -4.51. The van der Waals surface area contributed by atoms with Crippen LogP contribution in [0.4, 0.5) is 13.2 Å². The molecule has 0 radical (unpaired) electrons. The van der Waals surface area contributed by atoms with Crippen molar-refractivity contribution in [2.75, 3.05) is 13.4 Å². The Labute approximate surface area is 219 Å². The molecule has 1 aromatic carbocycles. The zero-order valence-corrected chi connectivity index (χ0v) is 21.2. The van der Waals surface area contributed by atoms with Crippen molar-refractivity contribution >= 4 is 22.8 Å². The van der Waals surface area contributed by atoms with Gasteiger partial charge < -0.3 is 4.74 Å². The number of hydrogen-bond donors (Lipinski definition) is 0. The first-order chi connectivity index (χ1) is 18.4. The van der Waals surface area contributed by atoms with Crippen molar-refractivity contribution in [3.8, 4) is 23.0 Å². The van der Waals surface area contributed by atoms with Crippen LogP contribution >= 0.6 is 11.8 Å². The monoisotopic (exact) mass is 538 g/mol. The largest absolute Gasteiger partial charge is 0.480 e. The molecule has 0 saturated heterocycles. The summed E-state index contributed by atoms with van der Waals surface area (Å²) in [6, 6.07) is 8.20. The molecule has 1 aliphatic rings. The van der Waals surface area contributed by atoms with E-state index in [-0.39, 0.29) is 0 Å². The van der Waals surface area contributed by atoms with Crippen molar-refractivity contribution in [2.45, 2.75) is 36.5 Å². The number of nitrogens with zero attached hydrogens (tertiary/aromatic N) is 8. The van der Waals surface area contributed by atoms with Crippen molar-refractivity contribution in [1.29, 1.82) is 0 Å². The number of halogens is 3.